The summed E-state index contributed by atoms with van der Waals surface area (Å²) in [6.45, 7) is 1.62. The van der Waals surface area contributed by atoms with Gasteiger partial charge in [0.25, 0.3) is 5.91 Å². The van der Waals surface area contributed by atoms with Gasteiger partial charge < -0.3 is 10.3 Å². The van der Waals surface area contributed by atoms with Gasteiger partial charge in [0.05, 0.1) is 6.04 Å². The maximum Gasteiger partial charge on any atom is 0.264 e. The van der Waals surface area contributed by atoms with Crippen LogP contribution in [0.25, 0.3) is 0 Å². The first kappa shape index (κ1) is 12.3. The fourth-order valence-corrected chi connectivity index (χ4v) is 1.37. The number of halogens is 1. The second kappa shape index (κ2) is 5.16. The van der Waals surface area contributed by atoms with Crippen molar-refractivity contribution in [3.63, 3.8) is 0 Å². The molecule has 1 aromatic rings. The van der Waals surface area contributed by atoms with E-state index in [1.54, 1.807) is 11.5 Å². The predicted octanol–water partition coefficient (Wildman–Crippen LogP) is 0.283. The lowest BCUT2D eigenvalue weighted by molar-refractivity contribution is -0.118. The zero-order valence-corrected chi connectivity index (χ0v) is 9.06. The van der Waals surface area contributed by atoms with Crippen LogP contribution in [0.15, 0.2) is 16.6 Å². The minimum absolute atomic E-state index is 0. The highest BCUT2D eigenvalue weighted by Crippen LogP contribution is 1.87. The molecular weight excluding hydrogens is 210 g/mol. The molecule has 0 radical (unpaired) electrons. The molecule has 0 aliphatic carbocycles. The summed E-state index contributed by atoms with van der Waals surface area (Å²) in [5.41, 5.74) is 5.35. The molecule has 0 spiro atoms. The third-order valence-corrected chi connectivity index (χ3v) is 2.20. The molecule has 13 heavy (non-hydrogen) atoms. The Bertz CT molecular complexity index is 342. The van der Waals surface area contributed by atoms with Gasteiger partial charge in [-0.25, -0.2) is 0 Å². The van der Waals surface area contributed by atoms with Crippen LogP contribution in [0.4, 0.5) is 0 Å². The minimum atomic E-state index is -0.521. The molecule has 6 heteroatoms. The fraction of sp³-hybridized carbons (Fsp3) is 0.429. The molecule has 4 nitrogen and oxygen atoms in total. The van der Waals surface area contributed by atoms with Crippen LogP contribution in [0.3, 0.4) is 0 Å². The average molecular weight is 222 g/mol. The molecule has 0 fully saturated rings. The Morgan fingerprint density at radius 2 is 2.38 bits per heavy atom. The van der Waals surface area contributed by atoms with Gasteiger partial charge >= 0.3 is 0 Å². The van der Waals surface area contributed by atoms with Crippen molar-refractivity contribution in [2.75, 3.05) is 0 Å². The van der Waals surface area contributed by atoms with E-state index in [0.717, 1.165) is 0 Å². The van der Waals surface area contributed by atoms with Gasteiger partial charge in [0.15, 0.2) is 4.80 Å². The molecule has 1 atom stereocenters. The first-order valence-electron chi connectivity index (χ1n) is 3.55. The highest BCUT2D eigenvalue weighted by Gasteiger charge is 2.04. The summed E-state index contributed by atoms with van der Waals surface area (Å²) in [5, 5.41) is 1.87. The van der Waals surface area contributed by atoms with Crippen molar-refractivity contribution in [1.82, 2.24) is 4.57 Å². The van der Waals surface area contributed by atoms with E-state index in [0.29, 0.717) is 4.80 Å². The van der Waals surface area contributed by atoms with Gasteiger partial charge in [0, 0.05) is 18.6 Å². The number of aromatic nitrogens is 1. The summed E-state index contributed by atoms with van der Waals surface area (Å²) in [5.74, 6) is -0.284. The van der Waals surface area contributed by atoms with Crippen molar-refractivity contribution >= 4 is 29.7 Å². The highest BCUT2D eigenvalue weighted by atomic mass is 35.5. The number of aryl methyl sites for hydroxylation is 1. The molecule has 1 amide bonds. The summed E-state index contributed by atoms with van der Waals surface area (Å²) in [6.07, 6.45) is 1.85. The summed E-state index contributed by atoms with van der Waals surface area (Å²) >= 11 is 1.42. The van der Waals surface area contributed by atoms with Crippen LogP contribution >= 0.6 is 23.7 Å². The number of nitrogens with two attached hydrogens (primary N) is 1. The number of nitrogens with zero attached hydrogens (tertiary/aromatic N) is 2. The number of carbonyl (C=O) groups is 1. The maximum absolute atomic E-state index is 11.1. The third kappa shape index (κ3) is 3.30. The Morgan fingerprint density at radius 1 is 1.77 bits per heavy atom. The number of thiazole rings is 1. The fourth-order valence-electron chi connectivity index (χ4n) is 0.631. The zero-order chi connectivity index (χ0) is 9.14. The average Bonchev–Trinajstić information content (AvgIpc) is 2.36. The second-order valence-corrected chi connectivity index (χ2v) is 3.41. The number of carbonyl (C=O) groups excluding carboxylic acids is 1. The molecule has 74 valence electrons. The van der Waals surface area contributed by atoms with E-state index < -0.39 is 6.04 Å². The number of rotatable bonds is 1. The third-order valence-electron chi connectivity index (χ3n) is 1.36. The van der Waals surface area contributed by atoms with E-state index in [2.05, 4.69) is 4.99 Å². The van der Waals surface area contributed by atoms with E-state index in [-0.39, 0.29) is 18.3 Å². The van der Waals surface area contributed by atoms with Crippen molar-refractivity contribution in [3.8, 4) is 0 Å². The normalized spacial score (nSPS) is 13.6. The summed E-state index contributed by atoms with van der Waals surface area (Å²) < 4.78 is 1.78. The molecular formula is C7H12ClN3OS. The molecule has 0 bridgehead atoms. The van der Waals surface area contributed by atoms with Gasteiger partial charge in [-0.2, -0.15) is 4.99 Å². The summed E-state index contributed by atoms with van der Waals surface area (Å²) in [4.78, 5) is 15.6. The van der Waals surface area contributed by atoms with Crippen LogP contribution in [0, 0.1) is 0 Å². The quantitative estimate of drug-likeness (QED) is 0.741. The number of hydrogen-bond donors (Lipinski definition) is 1. The number of hydrogen-bond acceptors (Lipinski definition) is 3. The van der Waals surface area contributed by atoms with Gasteiger partial charge in [0.2, 0.25) is 0 Å². The molecule has 1 aromatic heterocycles. The Kier molecular flexibility index (Phi) is 4.90. The highest BCUT2D eigenvalue weighted by molar-refractivity contribution is 7.07. The van der Waals surface area contributed by atoms with Crippen LogP contribution in [-0.2, 0) is 11.8 Å². The topological polar surface area (TPSA) is 60.4 Å². The first-order valence-corrected chi connectivity index (χ1v) is 4.43. The van der Waals surface area contributed by atoms with Crippen LogP contribution in [0.1, 0.15) is 6.92 Å². The van der Waals surface area contributed by atoms with Crippen molar-refractivity contribution in [1.29, 1.82) is 0 Å². The van der Waals surface area contributed by atoms with E-state index in [4.69, 9.17) is 5.73 Å². The van der Waals surface area contributed by atoms with Crippen molar-refractivity contribution in [3.05, 3.63) is 16.4 Å². The zero-order valence-electron chi connectivity index (χ0n) is 7.43. The van der Waals surface area contributed by atoms with E-state index in [9.17, 15) is 4.79 Å². The van der Waals surface area contributed by atoms with Crippen LogP contribution in [0.5, 0.6) is 0 Å². The molecule has 0 aliphatic rings. The molecule has 0 saturated carbocycles. The summed E-state index contributed by atoms with van der Waals surface area (Å²) in [6, 6.07) is -0.521. The SMILES string of the molecule is C[C@H](N)C(=O)N=c1sccn1C.Cl. The predicted molar refractivity (Wildman–Crippen MR) is 54.8 cm³/mol. The molecule has 0 aromatic carbocycles. The van der Waals surface area contributed by atoms with Crippen molar-refractivity contribution in [2.24, 2.45) is 17.8 Å². The van der Waals surface area contributed by atoms with Gasteiger partial charge in [0.1, 0.15) is 0 Å². The largest absolute Gasteiger partial charge is 0.327 e. The summed E-state index contributed by atoms with van der Waals surface area (Å²) in [7, 11) is 1.84. The Morgan fingerprint density at radius 3 is 2.77 bits per heavy atom. The molecule has 1 heterocycles. The van der Waals surface area contributed by atoms with E-state index in [1.165, 1.54) is 11.3 Å². The first-order chi connectivity index (χ1) is 5.61. The van der Waals surface area contributed by atoms with Crippen molar-refractivity contribution in [2.45, 2.75) is 13.0 Å². The van der Waals surface area contributed by atoms with Gasteiger partial charge in [-0.05, 0) is 6.92 Å². The Labute approximate surface area is 86.5 Å². The van der Waals surface area contributed by atoms with Crippen LogP contribution in [0.2, 0.25) is 0 Å². The maximum atomic E-state index is 11.1. The van der Waals surface area contributed by atoms with Gasteiger partial charge in [-0.3, -0.25) is 4.79 Å². The second-order valence-electron chi connectivity index (χ2n) is 2.54. The lowest BCUT2D eigenvalue weighted by Crippen LogP contribution is -2.27. The standard InChI is InChI=1S/C7H11N3OS.ClH/c1-5(8)6(11)9-7-10(2)3-4-12-7;/h3-5H,8H2,1-2H3;1H/t5-;/m0./s1. The molecule has 1 rings (SSSR count). The Hall–Kier alpha value is -0.650. The molecule has 0 aliphatic heterocycles. The lowest BCUT2D eigenvalue weighted by atomic mass is 10.3. The number of amides is 1. The van der Waals surface area contributed by atoms with Crippen molar-refractivity contribution < 1.29 is 4.79 Å². The minimum Gasteiger partial charge on any atom is -0.327 e. The van der Waals surface area contributed by atoms with Gasteiger partial charge in [-0.15, -0.1) is 23.7 Å². The van der Waals surface area contributed by atoms with Crippen LogP contribution < -0.4 is 10.5 Å². The molecule has 0 saturated heterocycles. The monoisotopic (exact) mass is 221 g/mol. The van der Waals surface area contributed by atoms with Crippen LogP contribution in [-0.4, -0.2) is 16.5 Å². The lowest BCUT2D eigenvalue weighted by Gasteiger charge is -1.95. The molecule has 2 N–H and O–H groups in total. The van der Waals surface area contributed by atoms with E-state index >= 15 is 0 Å². The van der Waals surface area contributed by atoms with E-state index in [1.807, 2.05) is 18.6 Å². The smallest absolute Gasteiger partial charge is 0.264 e. The molecule has 0 unspecified atom stereocenters. The van der Waals surface area contributed by atoms with Gasteiger partial charge in [-0.1, -0.05) is 0 Å². The Balaban J connectivity index is 0.00000144.